The summed E-state index contributed by atoms with van der Waals surface area (Å²) in [7, 11) is 0. The molecular weight excluding hydrogens is 204 g/mol. The van der Waals surface area contributed by atoms with Gasteiger partial charge in [-0.3, -0.25) is 4.79 Å². The minimum absolute atomic E-state index is 0.0102. The molecule has 0 saturated heterocycles. The summed E-state index contributed by atoms with van der Waals surface area (Å²) in [5.41, 5.74) is 0.634. The van der Waals surface area contributed by atoms with Crippen LogP contribution in [0.25, 0.3) is 0 Å². The number of ether oxygens (including phenoxy) is 1. The van der Waals surface area contributed by atoms with E-state index in [1.54, 1.807) is 18.3 Å². The minimum atomic E-state index is -0.0102. The van der Waals surface area contributed by atoms with Crippen molar-refractivity contribution in [2.45, 2.75) is 27.2 Å². The zero-order chi connectivity index (χ0) is 12.0. The molecular formula is C12H18N2O2. The summed E-state index contributed by atoms with van der Waals surface area (Å²) in [5.74, 6) is 0.804. The standard InChI is InChI=1S/C12H18N2O2/c1-4-16-12-10(6-5-7-13-12)14-11(15)8-9(2)3/h5-7,9H,4,8H2,1-3H3,(H,14,15). The molecule has 0 saturated carbocycles. The quantitative estimate of drug-likeness (QED) is 0.832. The van der Waals surface area contributed by atoms with Crippen LogP contribution >= 0.6 is 0 Å². The molecule has 0 aliphatic carbocycles. The Balaban J connectivity index is 2.68. The van der Waals surface area contributed by atoms with Crippen molar-refractivity contribution in [2.24, 2.45) is 5.92 Å². The molecule has 4 nitrogen and oxygen atoms in total. The van der Waals surface area contributed by atoms with Crippen molar-refractivity contribution in [2.75, 3.05) is 11.9 Å². The minimum Gasteiger partial charge on any atom is -0.476 e. The number of nitrogens with one attached hydrogen (secondary N) is 1. The van der Waals surface area contributed by atoms with Gasteiger partial charge in [0.2, 0.25) is 11.8 Å². The third-order valence-electron chi connectivity index (χ3n) is 1.92. The van der Waals surface area contributed by atoms with Gasteiger partial charge in [0.15, 0.2) is 0 Å². The topological polar surface area (TPSA) is 51.2 Å². The Morgan fingerprint density at radius 2 is 2.31 bits per heavy atom. The van der Waals surface area contributed by atoms with E-state index in [-0.39, 0.29) is 5.91 Å². The summed E-state index contributed by atoms with van der Waals surface area (Å²) in [6.45, 7) is 6.43. The lowest BCUT2D eigenvalue weighted by Gasteiger charge is -2.10. The summed E-state index contributed by atoms with van der Waals surface area (Å²) in [6.07, 6.45) is 2.14. The van der Waals surface area contributed by atoms with Crippen LogP contribution in [0.2, 0.25) is 0 Å². The number of hydrogen-bond donors (Lipinski definition) is 1. The molecule has 0 bridgehead atoms. The van der Waals surface area contributed by atoms with Crippen molar-refractivity contribution in [3.05, 3.63) is 18.3 Å². The average Bonchev–Trinajstić information content (AvgIpc) is 2.20. The summed E-state index contributed by atoms with van der Waals surface area (Å²) in [6, 6.07) is 3.56. The van der Waals surface area contributed by atoms with Crippen LogP contribution in [-0.2, 0) is 4.79 Å². The van der Waals surface area contributed by atoms with Crippen LogP contribution < -0.4 is 10.1 Å². The molecule has 1 aromatic rings. The third kappa shape index (κ3) is 3.88. The molecule has 0 unspecified atom stereocenters. The van der Waals surface area contributed by atoms with Crippen LogP contribution in [0.3, 0.4) is 0 Å². The monoisotopic (exact) mass is 222 g/mol. The van der Waals surface area contributed by atoms with Gasteiger partial charge in [-0.15, -0.1) is 0 Å². The maximum absolute atomic E-state index is 11.6. The first kappa shape index (κ1) is 12.5. The highest BCUT2D eigenvalue weighted by Gasteiger charge is 2.09. The van der Waals surface area contributed by atoms with Crippen molar-refractivity contribution < 1.29 is 9.53 Å². The summed E-state index contributed by atoms with van der Waals surface area (Å²) in [4.78, 5) is 15.6. The van der Waals surface area contributed by atoms with Gasteiger partial charge in [0, 0.05) is 12.6 Å². The predicted molar refractivity (Wildman–Crippen MR) is 63.5 cm³/mol. The summed E-state index contributed by atoms with van der Waals surface area (Å²) >= 11 is 0. The molecule has 4 heteroatoms. The average molecular weight is 222 g/mol. The van der Waals surface area contributed by atoms with Crippen molar-refractivity contribution >= 4 is 11.6 Å². The highest BCUT2D eigenvalue weighted by atomic mass is 16.5. The first-order valence-electron chi connectivity index (χ1n) is 5.51. The van der Waals surface area contributed by atoms with Crippen molar-refractivity contribution in [1.29, 1.82) is 0 Å². The van der Waals surface area contributed by atoms with Crippen LogP contribution in [0.1, 0.15) is 27.2 Å². The molecule has 1 rings (SSSR count). The van der Waals surface area contributed by atoms with Gasteiger partial charge in [0.1, 0.15) is 5.69 Å². The number of aromatic nitrogens is 1. The van der Waals surface area contributed by atoms with E-state index in [4.69, 9.17) is 4.74 Å². The fourth-order valence-electron chi connectivity index (χ4n) is 1.31. The molecule has 0 spiro atoms. The number of rotatable bonds is 5. The maximum atomic E-state index is 11.6. The Hall–Kier alpha value is -1.58. The highest BCUT2D eigenvalue weighted by molar-refractivity contribution is 5.91. The van der Waals surface area contributed by atoms with Crippen LogP contribution in [0, 0.1) is 5.92 Å². The number of nitrogens with zero attached hydrogens (tertiary/aromatic N) is 1. The van der Waals surface area contributed by atoms with Gasteiger partial charge in [-0.25, -0.2) is 4.98 Å². The number of amides is 1. The lowest BCUT2D eigenvalue weighted by atomic mass is 10.1. The van der Waals surface area contributed by atoms with E-state index < -0.39 is 0 Å². The molecule has 0 fully saturated rings. The fourth-order valence-corrected chi connectivity index (χ4v) is 1.31. The third-order valence-corrected chi connectivity index (χ3v) is 1.92. The molecule has 1 aromatic heterocycles. The van der Waals surface area contributed by atoms with Crippen LogP contribution in [-0.4, -0.2) is 17.5 Å². The fraction of sp³-hybridized carbons (Fsp3) is 0.500. The molecule has 1 amide bonds. The zero-order valence-corrected chi connectivity index (χ0v) is 9.99. The van der Waals surface area contributed by atoms with E-state index in [2.05, 4.69) is 10.3 Å². The number of hydrogen-bond acceptors (Lipinski definition) is 3. The number of carbonyl (C=O) groups excluding carboxylic acids is 1. The van der Waals surface area contributed by atoms with Gasteiger partial charge in [0.05, 0.1) is 6.61 Å². The van der Waals surface area contributed by atoms with Crippen molar-refractivity contribution in [3.63, 3.8) is 0 Å². The largest absolute Gasteiger partial charge is 0.476 e. The van der Waals surface area contributed by atoms with E-state index in [0.717, 1.165) is 0 Å². The lowest BCUT2D eigenvalue weighted by molar-refractivity contribution is -0.116. The van der Waals surface area contributed by atoms with Gasteiger partial charge in [-0.05, 0) is 25.0 Å². The Kier molecular flexibility index (Phi) is 4.76. The number of pyridine rings is 1. The van der Waals surface area contributed by atoms with E-state index in [0.29, 0.717) is 30.5 Å². The second kappa shape index (κ2) is 6.10. The Morgan fingerprint density at radius 3 is 2.94 bits per heavy atom. The second-order valence-corrected chi connectivity index (χ2v) is 3.94. The Labute approximate surface area is 96.0 Å². The molecule has 0 aliphatic heterocycles. The highest BCUT2D eigenvalue weighted by Crippen LogP contribution is 2.20. The van der Waals surface area contributed by atoms with Crippen molar-refractivity contribution in [1.82, 2.24) is 4.98 Å². The second-order valence-electron chi connectivity index (χ2n) is 3.94. The molecule has 0 aromatic carbocycles. The molecule has 0 atom stereocenters. The number of anilines is 1. The smallest absolute Gasteiger partial charge is 0.237 e. The van der Waals surface area contributed by atoms with Crippen LogP contribution in [0.4, 0.5) is 5.69 Å². The van der Waals surface area contributed by atoms with Gasteiger partial charge in [-0.2, -0.15) is 0 Å². The van der Waals surface area contributed by atoms with Crippen LogP contribution in [0.15, 0.2) is 18.3 Å². The maximum Gasteiger partial charge on any atom is 0.237 e. The van der Waals surface area contributed by atoms with Crippen molar-refractivity contribution in [3.8, 4) is 5.88 Å². The summed E-state index contributed by atoms with van der Waals surface area (Å²) < 4.78 is 5.32. The van der Waals surface area contributed by atoms with Crippen LogP contribution in [0.5, 0.6) is 5.88 Å². The SMILES string of the molecule is CCOc1ncccc1NC(=O)CC(C)C. The summed E-state index contributed by atoms with van der Waals surface area (Å²) in [5, 5.41) is 2.80. The van der Waals surface area contributed by atoms with E-state index in [9.17, 15) is 4.79 Å². The number of carbonyl (C=O) groups is 1. The Bertz CT molecular complexity index is 351. The van der Waals surface area contributed by atoms with E-state index >= 15 is 0 Å². The first-order chi connectivity index (χ1) is 7.63. The Morgan fingerprint density at radius 1 is 1.56 bits per heavy atom. The molecule has 0 aliphatic rings. The van der Waals surface area contributed by atoms with Gasteiger partial charge in [0.25, 0.3) is 0 Å². The predicted octanol–water partition coefficient (Wildman–Crippen LogP) is 2.46. The molecule has 16 heavy (non-hydrogen) atoms. The molecule has 88 valence electrons. The molecule has 1 heterocycles. The first-order valence-corrected chi connectivity index (χ1v) is 5.51. The van der Waals surface area contributed by atoms with Gasteiger partial charge < -0.3 is 10.1 Å². The van der Waals surface area contributed by atoms with Gasteiger partial charge >= 0.3 is 0 Å². The zero-order valence-electron chi connectivity index (χ0n) is 9.99. The lowest BCUT2D eigenvalue weighted by Crippen LogP contribution is -2.15. The van der Waals surface area contributed by atoms with Gasteiger partial charge in [-0.1, -0.05) is 13.8 Å². The van der Waals surface area contributed by atoms with E-state index in [1.165, 1.54) is 0 Å². The molecule has 1 N–H and O–H groups in total. The normalized spacial score (nSPS) is 10.2. The van der Waals surface area contributed by atoms with E-state index in [1.807, 2.05) is 20.8 Å². The molecule has 0 radical (unpaired) electrons.